The summed E-state index contributed by atoms with van der Waals surface area (Å²) in [6.45, 7) is 1.44. The molecule has 0 unspecified atom stereocenters. The van der Waals surface area contributed by atoms with E-state index in [0.717, 1.165) is 84.1 Å². The number of amides is 2. The summed E-state index contributed by atoms with van der Waals surface area (Å²) in [5.41, 5.74) is 5.41. The minimum atomic E-state index is -0.0798. The molecular weight excluding hydrogens is 640 g/mol. The third-order valence-electron chi connectivity index (χ3n) is 9.66. The van der Waals surface area contributed by atoms with Crippen LogP contribution in [0, 0.1) is 0 Å². The number of hydrogen-bond acceptors (Lipinski definition) is 7. The van der Waals surface area contributed by atoms with Gasteiger partial charge in [0.05, 0.1) is 42.5 Å². The molecule has 0 saturated carbocycles. The van der Waals surface area contributed by atoms with E-state index in [0.29, 0.717) is 24.3 Å². The van der Waals surface area contributed by atoms with Gasteiger partial charge in [0.1, 0.15) is 23.1 Å². The van der Waals surface area contributed by atoms with Crippen LogP contribution in [-0.4, -0.2) is 64.6 Å². The number of aromatic nitrogens is 6. The minimum Gasteiger partial charge on any atom is -0.457 e. The standard InChI is InChI=1S/C40H38N8O3/c49-37(20-27-6-2-16-41-23-27)47-18-4-10-35(47)39-43-25-33(45-39)29-12-14-31(15-13-29)51-32-9-1-8-30(22-32)34-26-44-40(46-34)36-11-5-19-48(36)38(50)21-28-7-3-17-42-24-28/h1-3,6-9,12-17,22-26,35-36H,4-5,10-11,18-21H2,(H,43,45)(H,44,46)/t35-,36-/m0/s1. The second-order valence-electron chi connectivity index (χ2n) is 13.1. The fourth-order valence-electron chi connectivity index (χ4n) is 7.12. The minimum absolute atomic E-state index is 0.0691. The normalized spacial score (nSPS) is 17.2. The third-order valence-corrected chi connectivity index (χ3v) is 9.66. The van der Waals surface area contributed by atoms with Crippen LogP contribution in [0.25, 0.3) is 22.5 Å². The van der Waals surface area contributed by atoms with Crippen LogP contribution in [0.1, 0.15) is 60.5 Å². The number of hydrogen-bond donors (Lipinski definition) is 2. The second kappa shape index (κ2) is 14.4. The van der Waals surface area contributed by atoms with Gasteiger partial charge in [0.25, 0.3) is 0 Å². The van der Waals surface area contributed by atoms with Crippen molar-refractivity contribution in [3.63, 3.8) is 0 Å². The van der Waals surface area contributed by atoms with E-state index in [1.165, 1.54) is 0 Å². The molecule has 0 spiro atoms. The molecule has 11 heteroatoms. The van der Waals surface area contributed by atoms with E-state index in [4.69, 9.17) is 9.72 Å². The van der Waals surface area contributed by atoms with Gasteiger partial charge in [-0.25, -0.2) is 9.97 Å². The molecule has 11 nitrogen and oxygen atoms in total. The van der Waals surface area contributed by atoms with Gasteiger partial charge < -0.3 is 24.5 Å². The van der Waals surface area contributed by atoms with E-state index in [-0.39, 0.29) is 23.9 Å². The first kappa shape index (κ1) is 32.1. The first-order chi connectivity index (χ1) is 25.1. The molecule has 2 saturated heterocycles. The number of aromatic amines is 2. The number of carbonyl (C=O) groups excluding carboxylic acids is 2. The molecule has 0 radical (unpaired) electrons. The summed E-state index contributed by atoms with van der Waals surface area (Å²) in [4.78, 5) is 54.8. The number of pyridine rings is 2. The zero-order chi connectivity index (χ0) is 34.6. The lowest BCUT2D eigenvalue weighted by atomic mass is 10.1. The highest BCUT2D eigenvalue weighted by Crippen LogP contribution is 2.35. The summed E-state index contributed by atoms with van der Waals surface area (Å²) in [5, 5.41) is 0. The monoisotopic (exact) mass is 678 g/mol. The summed E-state index contributed by atoms with van der Waals surface area (Å²) in [6.07, 6.45) is 14.9. The zero-order valence-electron chi connectivity index (χ0n) is 28.1. The van der Waals surface area contributed by atoms with Gasteiger partial charge in [0.2, 0.25) is 11.8 Å². The topological polar surface area (TPSA) is 133 Å². The van der Waals surface area contributed by atoms with Gasteiger partial charge in [-0.2, -0.15) is 0 Å². The Morgan fingerprint density at radius 1 is 0.725 bits per heavy atom. The number of nitrogens with one attached hydrogen (secondary N) is 2. The Hall–Kier alpha value is -6.10. The number of carbonyl (C=O) groups is 2. The average molecular weight is 679 g/mol. The molecule has 2 amide bonds. The van der Waals surface area contributed by atoms with Crippen molar-refractivity contribution in [3.05, 3.63) is 133 Å². The van der Waals surface area contributed by atoms with Crippen molar-refractivity contribution in [2.45, 2.75) is 50.6 Å². The molecule has 0 bridgehead atoms. The summed E-state index contributed by atoms with van der Waals surface area (Å²) < 4.78 is 6.25. The predicted molar refractivity (Wildman–Crippen MR) is 191 cm³/mol. The Balaban J connectivity index is 0.905. The molecule has 256 valence electrons. The first-order valence-electron chi connectivity index (χ1n) is 17.4. The number of imidazole rings is 2. The van der Waals surface area contributed by atoms with Gasteiger partial charge in [0, 0.05) is 49.6 Å². The van der Waals surface area contributed by atoms with E-state index < -0.39 is 0 Å². The highest BCUT2D eigenvalue weighted by Gasteiger charge is 2.33. The molecule has 6 heterocycles. The Labute approximate surface area is 295 Å². The largest absolute Gasteiger partial charge is 0.457 e. The summed E-state index contributed by atoms with van der Waals surface area (Å²) in [6, 6.07) is 23.1. The van der Waals surface area contributed by atoms with Gasteiger partial charge in [-0.1, -0.05) is 24.3 Å². The van der Waals surface area contributed by atoms with E-state index in [2.05, 4.69) is 24.9 Å². The van der Waals surface area contributed by atoms with Crippen molar-refractivity contribution in [2.24, 2.45) is 0 Å². The van der Waals surface area contributed by atoms with Crippen LogP contribution in [0.15, 0.2) is 110 Å². The fourth-order valence-corrected chi connectivity index (χ4v) is 7.12. The van der Waals surface area contributed by atoms with Gasteiger partial charge in [0.15, 0.2) is 0 Å². The van der Waals surface area contributed by atoms with Crippen molar-refractivity contribution < 1.29 is 14.3 Å². The first-order valence-corrected chi connectivity index (χ1v) is 17.4. The van der Waals surface area contributed by atoms with Crippen LogP contribution < -0.4 is 4.74 Å². The SMILES string of the molecule is O=C(Cc1cccnc1)N1CCC[C@H]1c1nc(-c2cccc(Oc3ccc(-c4cnc([C@@H]5CCCN5C(=O)Cc5cccnc5)[nH]4)cc3)c2)c[nH]1. The van der Waals surface area contributed by atoms with Crippen LogP contribution in [0.2, 0.25) is 0 Å². The molecule has 0 aliphatic carbocycles. The molecule has 6 aromatic rings. The molecule has 2 N–H and O–H groups in total. The lowest BCUT2D eigenvalue weighted by molar-refractivity contribution is -0.132. The number of H-pyrrole nitrogens is 2. The number of ether oxygens (including phenoxy) is 1. The Morgan fingerprint density at radius 3 is 2.04 bits per heavy atom. The quantitative estimate of drug-likeness (QED) is 0.162. The summed E-state index contributed by atoms with van der Waals surface area (Å²) in [7, 11) is 0. The Bertz CT molecular complexity index is 2110. The molecular formula is C40H38N8O3. The molecule has 8 rings (SSSR count). The van der Waals surface area contributed by atoms with Crippen LogP contribution in [-0.2, 0) is 22.4 Å². The maximum absolute atomic E-state index is 13.2. The highest BCUT2D eigenvalue weighted by molar-refractivity contribution is 5.80. The maximum Gasteiger partial charge on any atom is 0.227 e. The van der Waals surface area contributed by atoms with Crippen molar-refractivity contribution in [3.8, 4) is 34.0 Å². The number of nitrogens with zero attached hydrogens (tertiary/aromatic N) is 6. The van der Waals surface area contributed by atoms with Gasteiger partial charge in [-0.3, -0.25) is 19.6 Å². The number of benzene rings is 2. The molecule has 2 atom stereocenters. The van der Waals surface area contributed by atoms with Gasteiger partial charge in [-0.05, 0) is 90.9 Å². The smallest absolute Gasteiger partial charge is 0.227 e. The van der Waals surface area contributed by atoms with E-state index in [1.807, 2.05) is 95.0 Å². The van der Waals surface area contributed by atoms with Crippen LogP contribution in [0.4, 0.5) is 0 Å². The molecule has 4 aromatic heterocycles. The van der Waals surface area contributed by atoms with Crippen molar-refractivity contribution in [1.82, 2.24) is 39.7 Å². The Morgan fingerprint density at radius 2 is 1.39 bits per heavy atom. The Kier molecular flexibility index (Phi) is 9.07. The van der Waals surface area contributed by atoms with E-state index in [9.17, 15) is 9.59 Å². The summed E-state index contributed by atoms with van der Waals surface area (Å²) in [5.74, 6) is 3.17. The molecule has 2 aromatic carbocycles. The third kappa shape index (κ3) is 7.14. The summed E-state index contributed by atoms with van der Waals surface area (Å²) >= 11 is 0. The highest BCUT2D eigenvalue weighted by atomic mass is 16.5. The second-order valence-corrected chi connectivity index (χ2v) is 13.1. The molecule has 2 aliphatic heterocycles. The van der Waals surface area contributed by atoms with Crippen LogP contribution in [0.5, 0.6) is 11.5 Å². The van der Waals surface area contributed by atoms with Gasteiger partial charge >= 0.3 is 0 Å². The maximum atomic E-state index is 13.2. The average Bonchev–Trinajstić information content (AvgIpc) is 3.99. The fraction of sp³-hybridized carbons (Fsp3) is 0.250. The van der Waals surface area contributed by atoms with Crippen molar-refractivity contribution >= 4 is 11.8 Å². The van der Waals surface area contributed by atoms with Gasteiger partial charge in [-0.15, -0.1) is 0 Å². The van der Waals surface area contributed by atoms with Crippen LogP contribution >= 0.6 is 0 Å². The zero-order valence-corrected chi connectivity index (χ0v) is 28.1. The van der Waals surface area contributed by atoms with E-state index >= 15 is 0 Å². The lowest BCUT2D eigenvalue weighted by Crippen LogP contribution is -2.32. The van der Waals surface area contributed by atoms with Crippen molar-refractivity contribution in [2.75, 3.05) is 13.1 Å². The molecule has 51 heavy (non-hydrogen) atoms. The number of rotatable bonds is 10. The van der Waals surface area contributed by atoms with Crippen molar-refractivity contribution in [1.29, 1.82) is 0 Å². The molecule has 2 aliphatic rings. The lowest BCUT2D eigenvalue weighted by Gasteiger charge is -2.23. The number of likely N-dealkylation sites (tertiary alicyclic amines) is 2. The predicted octanol–water partition coefficient (Wildman–Crippen LogP) is 6.86. The van der Waals surface area contributed by atoms with E-state index in [1.54, 1.807) is 24.8 Å². The molecule has 2 fully saturated rings. The van der Waals surface area contributed by atoms with Crippen LogP contribution in [0.3, 0.4) is 0 Å².